The second kappa shape index (κ2) is 7.82. The van der Waals surface area contributed by atoms with Gasteiger partial charge in [-0.1, -0.05) is 33.8 Å². The topological polar surface area (TPSA) is 68.1 Å². The van der Waals surface area contributed by atoms with E-state index in [1.165, 1.54) is 24.4 Å². The summed E-state index contributed by atoms with van der Waals surface area (Å²) in [6.45, 7) is 15.9. The van der Waals surface area contributed by atoms with Gasteiger partial charge in [0.2, 0.25) is 5.78 Å². The predicted octanol–water partition coefficient (Wildman–Crippen LogP) is 4.70. The summed E-state index contributed by atoms with van der Waals surface area (Å²) in [5.74, 6) is -0.851. The Balaban J connectivity index is 2.54. The Morgan fingerprint density at radius 1 is 1.11 bits per heavy atom. The molecule has 0 atom stereocenters. The van der Waals surface area contributed by atoms with Crippen molar-refractivity contribution in [2.75, 3.05) is 7.11 Å². The van der Waals surface area contributed by atoms with Crippen molar-refractivity contribution in [1.29, 1.82) is 0 Å². The molecule has 0 heterocycles. The third-order valence-corrected chi connectivity index (χ3v) is 5.68. The number of ketones is 1. The normalized spacial score (nSPS) is 18.2. The van der Waals surface area contributed by atoms with Gasteiger partial charge in [0.25, 0.3) is 0 Å². The molecule has 150 valence electrons. The first-order valence-electron chi connectivity index (χ1n) is 9.44. The highest BCUT2D eigenvalue weighted by Crippen LogP contribution is 2.46. The van der Waals surface area contributed by atoms with E-state index in [9.17, 15) is 9.59 Å². The molecule has 0 fully saturated rings. The lowest BCUT2D eigenvalue weighted by Gasteiger charge is -2.42. The zero-order valence-electron chi connectivity index (χ0n) is 18.0. The second-order valence-corrected chi connectivity index (χ2v) is 8.72. The first-order chi connectivity index (χ1) is 12.9. The van der Waals surface area contributed by atoms with Crippen molar-refractivity contribution >= 4 is 24.3 Å². The molecule has 0 amide bonds. The Bertz CT molecular complexity index is 889. The summed E-state index contributed by atoms with van der Waals surface area (Å²) >= 11 is 0. The molecule has 5 nitrogen and oxygen atoms in total. The van der Waals surface area contributed by atoms with Crippen molar-refractivity contribution in [1.82, 2.24) is 0 Å². The van der Waals surface area contributed by atoms with Crippen LogP contribution in [0.15, 0.2) is 33.9 Å². The number of hydrogen-bond donors (Lipinski definition) is 0. The number of carbonyl (C=O) groups is 2. The minimum atomic E-state index is -0.506. The molecule has 0 aromatic heterocycles. The maximum atomic E-state index is 13.1. The lowest BCUT2D eigenvalue weighted by Crippen LogP contribution is -2.34. The van der Waals surface area contributed by atoms with Crippen LogP contribution >= 0.6 is 0 Å². The number of amidine groups is 1. The fraction of sp³-hybridized carbons (Fsp3) is 0.478. The number of methoxy groups -OCH3 is 1. The highest BCUT2D eigenvalue weighted by molar-refractivity contribution is 6.46. The summed E-state index contributed by atoms with van der Waals surface area (Å²) in [5, 5.41) is 0. The average Bonchev–Trinajstić information content (AvgIpc) is 2.64. The van der Waals surface area contributed by atoms with Crippen molar-refractivity contribution in [2.24, 2.45) is 9.98 Å². The van der Waals surface area contributed by atoms with Gasteiger partial charge in [-0.05, 0) is 67.0 Å². The van der Waals surface area contributed by atoms with Gasteiger partial charge in [-0.3, -0.25) is 4.79 Å². The van der Waals surface area contributed by atoms with Crippen LogP contribution in [-0.4, -0.2) is 31.4 Å². The molecule has 0 aliphatic heterocycles. The Kier molecular flexibility index (Phi) is 6.07. The zero-order valence-corrected chi connectivity index (χ0v) is 18.0. The number of Topliss-reactive ketones (excluding diaryl/α,β-unsaturated/α-hetero) is 1. The molecule has 0 bridgehead atoms. The lowest BCUT2D eigenvalue weighted by atomic mass is 9.62. The first-order valence-corrected chi connectivity index (χ1v) is 9.44. The molecule has 5 heteroatoms. The molecule has 0 N–H and O–H groups in total. The standard InChI is InChI=1S/C23H30N2O3/c1-14-11-17-18(23(5,6)10-9-22(17,3)4)12-16(14)19(26)20(24-7)25-13-15(2)21(27)28-8/h11-13H,7,9-10H2,1-6,8H3/b15-13+,25-20-. The van der Waals surface area contributed by atoms with Crippen LogP contribution in [0.25, 0.3) is 0 Å². The van der Waals surface area contributed by atoms with E-state index in [4.69, 9.17) is 0 Å². The van der Waals surface area contributed by atoms with Gasteiger partial charge in [-0.25, -0.2) is 14.8 Å². The maximum absolute atomic E-state index is 13.1. The Morgan fingerprint density at radius 2 is 1.64 bits per heavy atom. The maximum Gasteiger partial charge on any atom is 0.334 e. The third kappa shape index (κ3) is 4.13. The van der Waals surface area contributed by atoms with Crippen molar-refractivity contribution in [2.45, 2.75) is 65.2 Å². The Labute approximate surface area is 167 Å². The van der Waals surface area contributed by atoms with Crippen LogP contribution in [-0.2, 0) is 20.4 Å². The number of rotatable bonds is 4. The van der Waals surface area contributed by atoms with E-state index < -0.39 is 5.97 Å². The minimum Gasteiger partial charge on any atom is -0.466 e. The van der Waals surface area contributed by atoms with Gasteiger partial charge >= 0.3 is 5.97 Å². The monoisotopic (exact) mass is 382 g/mol. The van der Waals surface area contributed by atoms with E-state index in [2.05, 4.69) is 55.2 Å². The van der Waals surface area contributed by atoms with Gasteiger partial charge in [0.05, 0.1) is 12.7 Å². The van der Waals surface area contributed by atoms with Crippen LogP contribution in [0.2, 0.25) is 0 Å². The van der Waals surface area contributed by atoms with Crippen LogP contribution in [0.5, 0.6) is 0 Å². The molecule has 0 saturated heterocycles. The number of aryl methyl sites for hydroxylation is 1. The highest BCUT2D eigenvalue weighted by atomic mass is 16.5. The molecule has 0 radical (unpaired) electrons. The average molecular weight is 383 g/mol. The number of esters is 1. The zero-order chi connectivity index (χ0) is 21.3. The second-order valence-electron chi connectivity index (χ2n) is 8.72. The van der Waals surface area contributed by atoms with E-state index in [1.807, 2.05) is 13.0 Å². The molecular formula is C23H30N2O3. The molecule has 0 saturated carbocycles. The Hall–Kier alpha value is -2.56. The molecule has 0 spiro atoms. The molecule has 0 unspecified atom stereocenters. The summed E-state index contributed by atoms with van der Waals surface area (Å²) in [7, 11) is 1.29. The minimum absolute atomic E-state index is 0.00608. The SMILES string of the molecule is C=N/C(=N\C=C(/C)C(=O)OC)C(=O)c1cc2c(cc1C)C(C)(C)CCC2(C)C. The van der Waals surface area contributed by atoms with Gasteiger partial charge in [0.1, 0.15) is 0 Å². The molecule has 1 aliphatic carbocycles. The number of hydrogen-bond acceptors (Lipinski definition) is 4. The number of aliphatic imine (C=N–C) groups is 2. The quantitative estimate of drug-likeness (QED) is 0.249. The third-order valence-electron chi connectivity index (χ3n) is 5.68. The number of carbonyl (C=O) groups excluding carboxylic acids is 2. The highest BCUT2D eigenvalue weighted by Gasteiger charge is 2.38. The van der Waals surface area contributed by atoms with E-state index in [-0.39, 0.29) is 28.0 Å². The summed E-state index contributed by atoms with van der Waals surface area (Å²) in [6, 6.07) is 4.12. The largest absolute Gasteiger partial charge is 0.466 e. The molecule has 1 aliphatic rings. The van der Waals surface area contributed by atoms with Crippen LogP contribution in [0.1, 0.15) is 74.5 Å². The van der Waals surface area contributed by atoms with Gasteiger partial charge < -0.3 is 4.74 Å². The summed E-state index contributed by atoms with van der Waals surface area (Å²) in [6.07, 6.45) is 3.46. The van der Waals surface area contributed by atoms with Gasteiger partial charge in [-0.15, -0.1) is 0 Å². The lowest BCUT2D eigenvalue weighted by molar-refractivity contribution is -0.136. The summed E-state index contributed by atoms with van der Waals surface area (Å²) in [5.41, 5.74) is 4.30. The van der Waals surface area contributed by atoms with Crippen molar-refractivity contribution in [3.8, 4) is 0 Å². The Morgan fingerprint density at radius 3 is 2.14 bits per heavy atom. The number of fused-ring (bicyclic) bond motifs is 1. The van der Waals surface area contributed by atoms with Crippen molar-refractivity contribution < 1.29 is 14.3 Å². The predicted molar refractivity (Wildman–Crippen MR) is 114 cm³/mol. The van der Waals surface area contributed by atoms with Crippen LogP contribution in [0, 0.1) is 6.92 Å². The van der Waals surface area contributed by atoms with Crippen LogP contribution < -0.4 is 0 Å². The van der Waals surface area contributed by atoms with E-state index in [0.717, 1.165) is 18.4 Å². The molecule has 28 heavy (non-hydrogen) atoms. The number of nitrogens with zero attached hydrogens (tertiary/aromatic N) is 2. The molecule has 2 rings (SSSR count). The molecular weight excluding hydrogens is 352 g/mol. The van der Waals surface area contributed by atoms with Crippen molar-refractivity contribution in [3.63, 3.8) is 0 Å². The number of benzene rings is 1. The summed E-state index contributed by atoms with van der Waals surface area (Å²) in [4.78, 5) is 32.5. The summed E-state index contributed by atoms with van der Waals surface area (Å²) < 4.78 is 4.64. The van der Waals surface area contributed by atoms with Gasteiger partial charge in [-0.2, -0.15) is 0 Å². The number of ether oxygens (including phenoxy) is 1. The van der Waals surface area contributed by atoms with E-state index in [1.54, 1.807) is 6.92 Å². The van der Waals surface area contributed by atoms with Gasteiger partial charge in [0, 0.05) is 11.8 Å². The van der Waals surface area contributed by atoms with Crippen molar-refractivity contribution in [3.05, 3.63) is 46.2 Å². The first kappa shape index (κ1) is 21.7. The fourth-order valence-corrected chi connectivity index (χ4v) is 3.63. The fourth-order valence-electron chi connectivity index (χ4n) is 3.63. The smallest absolute Gasteiger partial charge is 0.334 e. The molecule has 1 aromatic rings. The van der Waals surface area contributed by atoms with E-state index in [0.29, 0.717) is 5.56 Å². The van der Waals surface area contributed by atoms with Crippen LogP contribution in [0.3, 0.4) is 0 Å². The van der Waals surface area contributed by atoms with Crippen LogP contribution in [0.4, 0.5) is 0 Å². The van der Waals surface area contributed by atoms with E-state index >= 15 is 0 Å². The molecule has 1 aromatic carbocycles. The van der Waals surface area contributed by atoms with Gasteiger partial charge in [0.15, 0.2) is 5.84 Å².